The Labute approximate surface area is 177 Å². The van der Waals surface area contributed by atoms with Gasteiger partial charge in [0.05, 0.1) is 5.69 Å². The molecule has 160 valence electrons. The number of benzene rings is 1. The van der Waals surface area contributed by atoms with Gasteiger partial charge < -0.3 is 0 Å². The zero-order chi connectivity index (χ0) is 20.1. The Bertz CT molecular complexity index is 550. The SMILES string of the molecule is CCCCCCNP(=O)(NCCCCCC)N(SC1CCC1)c1ccccc1. The van der Waals surface area contributed by atoms with E-state index in [9.17, 15) is 4.57 Å². The summed E-state index contributed by atoms with van der Waals surface area (Å²) in [7, 11) is -2.89. The standard InChI is InChI=1S/C22H40N3OPS/c1-3-5-7-12-19-23-27(26,24-20-13-8-6-4-2)25(28-22-17-14-18-22)21-15-10-9-11-16-21/h9-11,15-16,22H,3-8,12-14,17-20H2,1-2H3,(H2,23,24,26). The lowest BCUT2D eigenvalue weighted by Crippen LogP contribution is -2.35. The second-order valence-electron chi connectivity index (χ2n) is 7.78. The highest BCUT2D eigenvalue weighted by Crippen LogP contribution is 2.52. The van der Waals surface area contributed by atoms with Crippen molar-refractivity contribution in [3.8, 4) is 0 Å². The van der Waals surface area contributed by atoms with Crippen LogP contribution in [0.3, 0.4) is 0 Å². The summed E-state index contributed by atoms with van der Waals surface area (Å²) in [6, 6.07) is 10.3. The number of nitrogens with one attached hydrogen (secondary N) is 2. The van der Waals surface area contributed by atoms with Gasteiger partial charge in [0.25, 0.3) is 0 Å². The van der Waals surface area contributed by atoms with Crippen molar-refractivity contribution < 1.29 is 4.57 Å². The summed E-state index contributed by atoms with van der Waals surface area (Å²) in [5.74, 6) is 0. The summed E-state index contributed by atoms with van der Waals surface area (Å²) in [5.41, 5.74) is 1.03. The molecule has 1 aromatic carbocycles. The monoisotopic (exact) mass is 425 g/mol. The van der Waals surface area contributed by atoms with Crippen molar-refractivity contribution in [3.63, 3.8) is 0 Å². The summed E-state index contributed by atoms with van der Waals surface area (Å²) in [4.78, 5) is 0. The van der Waals surface area contributed by atoms with E-state index in [1.165, 1.54) is 57.8 Å². The molecule has 0 unspecified atom stereocenters. The fourth-order valence-electron chi connectivity index (χ4n) is 3.21. The van der Waals surface area contributed by atoms with E-state index < -0.39 is 7.59 Å². The molecule has 2 rings (SSSR count). The maximum absolute atomic E-state index is 14.1. The van der Waals surface area contributed by atoms with Gasteiger partial charge in [-0.05, 0) is 49.8 Å². The lowest BCUT2D eigenvalue weighted by Gasteiger charge is -2.37. The highest BCUT2D eigenvalue weighted by atomic mass is 32.2. The summed E-state index contributed by atoms with van der Waals surface area (Å²) in [6.07, 6.45) is 13.2. The van der Waals surface area contributed by atoms with E-state index in [0.717, 1.165) is 31.6 Å². The molecule has 6 heteroatoms. The molecule has 0 saturated heterocycles. The van der Waals surface area contributed by atoms with Crippen LogP contribution in [0, 0.1) is 0 Å². The van der Waals surface area contributed by atoms with E-state index in [-0.39, 0.29) is 0 Å². The number of nitrogens with zero attached hydrogens (tertiary/aromatic N) is 1. The van der Waals surface area contributed by atoms with Gasteiger partial charge in [0.15, 0.2) is 0 Å². The molecule has 1 aromatic rings. The minimum atomic E-state index is -2.89. The molecule has 28 heavy (non-hydrogen) atoms. The largest absolute Gasteiger partial charge is 0.315 e. The molecule has 1 saturated carbocycles. The summed E-state index contributed by atoms with van der Waals surface area (Å²) in [5, 5.41) is 7.48. The highest BCUT2D eigenvalue weighted by Gasteiger charge is 2.34. The molecule has 4 nitrogen and oxygen atoms in total. The second-order valence-corrected chi connectivity index (χ2v) is 11.5. The molecular formula is C22H40N3OPS. The first-order valence-corrected chi connectivity index (χ1v) is 13.8. The van der Waals surface area contributed by atoms with Gasteiger partial charge in [-0.15, -0.1) is 0 Å². The number of unbranched alkanes of at least 4 members (excludes halogenated alkanes) is 6. The van der Waals surface area contributed by atoms with Crippen LogP contribution in [0.2, 0.25) is 0 Å². The topological polar surface area (TPSA) is 44.4 Å². The average Bonchev–Trinajstić information content (AvgIpc) is 2.67. The molecule has 2 N–H and O–H groups in total. The number of hydrogen-bond acceptors (Lipinski definition) is 2. The second kappa shape index (κ2) is 13.7. The summed E-state index contributed by atoms with van der Waals surface area (Å²) >= 11 is 1.77. The Morgan fingerprint density at radius 3 is 1.96 bits per heavy atom. The Morgan fingerprint density at radius 2 is 1.50 bits per heavy atom. The van der Waals surface area contributed by atoms with Crippen LogP contribution < -0.4 is 14.3 Å². The lowest BCUT2D eigenvalue weighted by atomic mass is 10.0. The Balaban J connectivity index is 2.07. The predicted octanol–water partition coefficient (Wildman–Crippen LogP) is 7.14. The van der Waals surface area contributed by atoms with Crippen LogP contribution in [-0.4, -0.2) is 18.3 Å². The molecule has 0 heterocycles. The smallest absolute Gasteiger partial charge is 0.263 e. The summed E-state index contributed by atoms with van der Waals surface area (Å²) < 4.78 is 16.2. The van der Waals surface area contributed by atoms with Gasteiger partial charge in [-0.3, -0.25) is 4.57 Å². The Morgan fingerprint density at radius 1 is 0.929 bits per heavy atom. The van der Waals surface area contributed by atoms with Crippen LogP contribution >= 0.6 is 19.5 Å². The van der Waals surface area contributed by atoms with E-state index in [1.54, 1.807) is 11.9 Å². The normalized spacial score (nSPS) is 14.8. The van der Waals surface area contributed by atoms with Crippen molar-refractivity contribution in [2.24, 2.45) is 0 Å². The Hall–Kier alpha value is -0.480. The quantitative estimate of drug-likeness (QED) is 0.167. The Kier molecular flexibility index (Phi) is 11.6. The summed E-state index contributed by atoms with van der Waals surface area (Å²) in [6.45, 7) is 6.05. The van der Waals surface area contributed by atoms with E-state index in [4.69, 9.17) is 0 Å². The molecule has 0 atom stereocenters. The maximum Gasteiger partial charge on any atom is 0.315 e. The lowest BCUT2D eigenvalue weighted by molar-refractivity contribution is 0.520. The van der Waals surface area contributed by atoms with Crippen molar-refractivity contribution in [1.82, 2.24) is 10.2 Å². The van der Waals surface area contributed by atoms with Crippen molar-refractivity contribution >= 4 is 25.2 Å². The first-order chi connectivity index (χ1) is 13.7. The molecule has 0 aromatic heterocycles. The molecule has 1 aliphatic rings. The van der Waals surface area contributed by atoms with E-state index in [0.29, 0.717) is 5.25 Å². The zero-order valence-corrected chi connectivity index (χ0v) is 19.6. The van der Waals surface area contributed by atoms with Gasteiger partial charge in [0, 0.05) is 18.3 Å². The van der Waals surface area contributed by atoms with E-state index in [1.807, 2.05) is 18.2 Å². The average molecular weight is 426 g/mol. The minimum absolute atomic E-state index is 0.581. The molecule has 0 spiro atoms. The minimum Gasteiger partial charge on any atom is -0.263 e. The zero-order valence-electron chi connectivity index (χ0n) is 17.9. The third-order valence-corrected chi connectivity index (χ3v) is 9.45. The van der Waals surface area contributed by atoms with E-state index >= 15 is 0 Å². The number of hydrogen-bond donors (Lipinski definition) is 2. The third kappa shape index (κ3) is 8.10. The van der Waals surface area contributed by atoms with Gasteiger partial charge >= 0.3 is 7.59 Å². The van der Waals surface area contributed by atoms with Crippen molar-refractivity contribution in [3.05, 3.63) is 30.3 Å². The van der Waals surface area contributed by atoms with Crippen molar-refractivity contribution in [1.29, 1.82) is 0 Å². The molecule has 1 aliphatic carbocycles. The first-order valence-electron chi connectivity index (χ1n) is 11.3. The number of para-hydroxylation sites is 1. The van der Waals surface area contributed by atoms with Gasteiger partial charge in [0.2, 0.25) is 0 Å². The molecule has 0 amide bonds. The van der Waals surface area contributed by atoms with Crippen molar-refractivity contribution in [2.75, 3.05) is 17.2 Å². The number of anilines is 1. The molecule has 0 bridgehead atoms. The van der Waals surface area contributed by atoms with Crippen LogP contribution in [0.4, 0.5) is 5.69 Å². The molecular weight excluding hydrogens is 385 g/mol. The van der Waals surface area contributed by atoms with Crippen LogP contribution in [-0.2, 0) is 4.57 Å². The van der Waals surface area contributed by atoms with Gasteiger partial charge in [-0.25, -0.2) is 14.3 Å². The van der Waals surface area contributed by atoms with Crippen molar-refractivity contribution in [2.45, 2.75) is 89.7 Å². The van der Waals surface area contributed by atoms with E-state index in [2.05, 4.69) is 40.2 Å². The predicted molar refractivity (Wildman–Crippen MR) is 126 cm³/mol. The highest BCUT2D eigenvalue weighted by molar-refractivity contribution is 8.07. The fraction of sp³-hybridized carbons (Fsp3) is 0.727. The maximum atomic E-state index is 14.1. The van der Waals surface area contributed by atoms with Crippen LogP contribution in [0.5, 0.6) is 0 Å². The fourth-order valence-corrected chi connectivity index (χ4v) is 7.31. The van der Waals surface area contributed by atoms with Crippen LogP contribution in [0.25, 0.3) is 0 Å². The molecule has 1 fully saturated rings. The molecule has 0 aliphatic heterocycles. The third-order valence-electron chi connectivity index (χ3n) is 5.25. The first kappa shape index (κ1) is 23.8. The van der Waals surface area contributed by atoms with Crippen LogP contribution in [0.15, 0.2) is 30.3 Å². The van der Waals surface area contributed by atoms with Gasteiger partial charge in [0.1, 0.15) is 0 Å². The van der Waals surface area contributed by atoms with Gasteiger partial charge in [-0.1, -0.05) is 77.0 Å². The van der Waals surface area contributed by atoms with Crippen LogP contribution in [0.1, 0.15) is 84.5 Å². The van der Waals surface area contributed by atoms with Gasteiger partial charge in [-0.2, -0.15) is 0 Å². The number of rotatable bonds is 16. The molecule has 0 radical (unpaired) electrons.